The fourth-order valence-electron chi connectivity index (χ4n) is 2.28. The summed E-state index contributed by atoms with van der Waals surface area (Å²) in [5.74, 6) is 0.744. The molecule has 5 nitrogen and oxygen atoms in total. The van der Waals surface area contributed by atoms with Crippen molar-refractivity contribution in [1.82, 2.24) is 5.32 Å². The van der Waals surface area contributed by atoms with E-state index in [2.05, 4.69) is 5.32 Å². The molecule has 5 heteroatoms. The lowest BCUT2D eigenvalue weighted by Crippen LogP contribution is -2.38. The molecule has 0 saturated heterocycles. The van der Waals surface area contributed by atoms with Gasteiger partial charge in [-0.2, -0.15) is 0 Å². The van der Waals surface area contributed by atoms with Gasteiger partial charge in [0, 0.05) is 18.4 Å². The van der Waals surface area contributed by atoms with Crippen molar-refractivity contribution in [2.45, 2.75) is 39.2 Å². The molecule has 2 N–H and O–H groups in total. The molecular weight excluding hydrogens is 306 g/mol. The van der Waals surface area contributed by atoms with Crippen LogP contribution in [-0.2, 0) is 10.4 Å². The maximum absolute atomic E-state index is 12.0. The number of furan rings is 1. The van der Waals surface area contributed by atoms with Crippen LogP contribution >= 0.6 is 0 Å². The number of hydrogen-bond donors (Lipinski definition) is 2. The van der Waals surface area contributed by atoms with Gasteiger partial charge in [0.2, 0.25) is 5.91 Å². The molecule has 0 saturated carbocycles. The molecule has 1 unspecified atom stereocenters. The number of carbonyl (C=O) groups is 2. The SMILES string of the molecule is Cc1ccc(C(=O)CCC(=O)NCC(C)(O)c2ccc(C)o2)cc1. The quantitative estimate of drug-likeness (QED) is 0.766. The molecule has 24 heavy (non-hydrogen) atoms. The Balaban J connectivity index is 1.81. The molecule has 1 atom stereocenters. The van der Waals surface area contributed by atoms with Crippen LogP contribution in [0.5, 0.6) is 0 Å². The predicted molar refractivity (Wildman–Crippen MR) is 90.8 cm³/mol. The second-order valence-corrected chi connectivity index (χ2v) is 6.25. The number of rotatable bonds is 7. The molecule has 0 spiro atoms. The van der Waals surface area contributed by atoms with E-state index in [1.54, 1.807) is 38.1 Å². The first-order valence-corrected chi connectivity index (χ1v) is 7.94. The Hall–Kier alpha value is -2.40. The summed E-state index contributed by atoms with van der Waals surface area (Å²) in [6.07, 6.45) is 0.219. The first kappa shape index (κ1) is 17.9. The summed E-state index contributed by atoms with van der Waals surface area (Å²) in [5, 5.41) is 13.0. The Bertz CT molecular complexity index is 713. The number of carbonyl (C=O) groups excluding carboxylic acids is 2. The molecule has 0 aliphatic heterocycles. The fraction of sp³-hybridized carbons (Fsp3) is 0.368. The highest BCUT2D eigenvalue weighted by Gasteiger charge is 2.27. The number of ketones is 1. The number of nitrogens with one attached hydrogen (secondary N) is 1. The summed E-state index contributed by atoms with van der Waals surface area (Å²) in [6.45, 7) is 5.34. The first-order chi connectivity index (χ1) is 11.3. The summed E-state index contributed by atoms with van der Waals surface area (Å²) in [7, 11) is 0. The molecule has 0 aliphatic rings. The molecule has 1 heterocycles. The van der Waals surface area contributed by atoms with Crippen LogP contribution in [-0.4, -0.2) is 23.3 Å². The smallest absolute Gasteiger partial charge is 0.220 e. The van der Waals surface area contributed by atoms with Crippen LogP contribution in [0.25, 0.3) is 0 Å². The number of hydrogen-bond acceptors (Lipinski definition) is 4. The highest BCUT2D eigenvalue weighted by Crippen LogP contribution is 2.22. The minimum atomic E-state index is -1.29. The van der Waals surface area contributed by atoms with Gasteiger partial charge in [-0.05, 0) is 32.9 Å². The molecule has 2 aromatic rings. The first-order valence-electron chi connectivity index (χ1n) is 7.94. The highest BCUT2D eigenvalue weighted by atomic mass is 16.4. The maximum Gasteiger partial charge on any atom is 0.220 e. The minimum absolute atomic E-state index is 0.0253. The van der Waals surface area contributed by atoms with Crippen molar-refractivity contribution in [3.05, 3.63) is 59.0 Å². The molecule has 1 amide bonds. The Morgan fingerprint density at radius 1 is 1.08 bits per heavy atom. The van der Waals surface area contributed by atoms with E-state index >= 15 is 0 Å². The average Bonchev–Trinajstić information content (AvgIpc) is 2.99. The van der Waals surface area contributed by atoms with Crippen molar-refractivity contribution in [3.8, 4) is 0 Å². The molecular formula is C19H23NO4. The van der Waals surface area contributed by atoms with Gasteiger partial charge in [-0.25, -0.2) is 0 Å². The van der Waals surface area contributed by atoms with Gasteiger partial charge in [0.05, 0.1) is 6.54 Å². The summed E-state index contributed by atoms with van der Waals surface area (Å²) < 4.78 is 5.39. The van der Waals surface area contributed by atoms with Crippen LogP contribution in [0.15, 0.2) is 40.8 Å². The summed E-state index contributed by atoms with van der Waals surface area (Å²) in [4.78, 5) is 24.0. The van der Waals surface area contributed by atoms with Crippen LogP contribution in [0.1, 0.15) is 47.2 Å². The molecule has 0 radical (unpaired) electrons. The normalized spacial score (nSPS) is 13.3. The number of aliphatic hydroxyl groups is 1. The van der Waals surface area contributed by atoms with Gasteiger partial charge in [0.25, 0.3) is 0 Å². The zero-order valence-corrected chi connectivity index (χ0v) is 14.3. The van der Waals surface area contributed by atoms with Crippen molar-refractivity contribution < 1.29 is 19.1 Å². The molecule has 128 valence electrons. The van der Waals surface area contributed by atoms with Crippen molar-refractivity contribution in [3.63, 3.8) is 0 Å². The van der Waals surface area contributed by atoms with Crippen LogP contribution in [0.2, 0.25) is 0 Å². The lowest BCUT2D eigenvalue weighted by molar-refractivity contribution is -0.122. The van der Waals surface area contributed by atoms with Gasteiger partial charge in [-0.15, -0.1) is 0 Å². The van der Waals surface area contributed by atoms with E-state index in [-0.39, 0.29) is 31.1 Å². The molecule has 0 fully saturated rings. The highest BCUT2D eigenvalue weighted by molar-refractivity contribution is 5.97. The summed E-state index contributed by atoms with van der Waals surface area (Å²) >= 11 is 0. The fourth-order valence-corrected chi connectivity index (χ4v) is 2.28. The van der Waals surface area contributed by atoms with Crippen LogP contribution in [0.3, 0.4) is 0 Å². The third-order valence-electron chi connectivity index (χ3n) is 3.85. The minimum Gasteiger partial charge on any atom is -0.463 e. The van der Waals surface area contributed by atoms with Gasteiger partial charge in [-0.1, -0.05) is 29.8 Å². The second-order valence-electron chi connectivity index (χ2n) is 6.25. The van der Waals surface area contributed by atoms with Crippen LogP contribution < -0.4 is 5.32 Å². The largest absolute Gasteiger partial charge is 0.463 e. The molecule has 2 rings (SSSR count). The van der Waals surface area contributed by atoms with E-state index in [0.717, 1.165) is 5.56 Å². The molecule has 1 aromatic heterocycles. The van der Waals surface area contributed by atoms with Gasteiger partial charge < -0.3 is 14.8 Å². The number of Topliss-reactive ketones (excluding diaryl/α,β-unsaturated/α-hetero) is 1. The third-order valence-corrected chi connectivity index (χ3v) is 3.85. The standard InChI is InChI=1S/C19H23NO4/c1-13-4-7-15(8-5-13)16(21)9-11-18(22)20-12-19(3,23)17-10-6-14(2)24-17/h4-8,10,23H,9,11-12H2,1-3H3,(H,20,22). The lowest BCUT2D eigenvalue weighted by atomic mass is 10.0. The third kappa shape index (κ3) is 4.80. The number of benzene rings is 1. The molecule has 1 aromatic carbocycles. The van der Waals surface area contributed by atoms with E-state index in [1.807, 2.05) is 19.1 Å². The topological polar surface area (TPSA) is 79.5 Å². The summed E-state index contributed by atoms with van der Waals surface area (Å²) in [6, 6.07) is 10.7. The van der Waals surface area contributed by atoms with Crippen LogP contribution in [0, 0.1) is 13.8 Å². The monoisotopic (exact) mass is 329 g/mol. The predicted octanol–water partition coefficient (Wildman–Crippen LogP) is 2.88. The molecule has 0 aliphatic carbocycles. The van der Waals surface area contributed by atoms with Crippen molar-refractivity contribution in [1.29, 1.82) is 0 Å². The lowest BCUT2D eigenvalue weighted by Gasteiger charge is -2.21. The summed E-state index contributed by atoms with van der Waals surface area (Å²) in [5.41, 5.74) is 0.399. The van der Waals surface area contributed by atoms with E-state index in [1.165, 1.54) is 0 Å². The van der Waals surface area contributed by atoms with E-state index in [4.69, 9.17) is 4.42 Å². The van der Waals surface area contributed by atoms with Gasteiger partial charge in [0.15, 0.2) is 5.78 Å². The van der Waals surface area contributed by atoms with Crippen LogP contribution in [0.4, 0.5) is 0 Å². The van der Waals surface area contributed by atoms with Crippen molar-refractivity contribution >= 4 is 11.7 Å². The Labute approximate surface area is 141 Å². The van der Waals surface area contributed by atoms with Crippen molar-refractivity contribution in [2.24, 2.45) is 0 Å². The Morgan fingerprint density at radius 3 is 2.33 bits per heavy atom. The Kier molecular flexibility index (Phi) is 5.57. The zero-order chi connectivity index (χ0) is 17.7. The van der Waals surface area contributed by atoms with Gasteiger partial charge in [-0.3, -0.25) is 9.59 Å². The molecule has 0 bridgehead atoms. The maximum atomic E-state index is 12.0. The Morgan fingerprint density at radius 2 is 1.75 bits per heavy atom. The van der Waals surface area contributed by atoms with Crippen molar-refractivity contribution in [2.75, 3.05) is 6.54 Å². The zero-order valence-electron chi connectivity index (χ0n) is 14.3. The second kappa shape index (κ2) is 7.45. The van der Waals surface area contributed by atoms with E-state index < -0.39 is 5.60 Å². The van der Waals surface area contributed by atoms with E-state index in [9.17, 15) is 14.7 Å². The van der Waals surface area contributed by atoms with E-state index in [0.29, 0.717) is 17.1 Å². The number of amides is 1. The van der Waals surface area contributed by atoms with Gasteiger partial charge >= 0.3 is 0 Å². The average molecular weight is 329 g/mol. The number of aryl methyl sites for hydroxylation is 2. The van der Waals surface area contributed by atoms with Gasteiger partial charge in [0.1, 0.15) is 17.1 Å².